The van der Waals surface area contributed by atoms with Crippen molar-refractivity contribution in [1.29, 1.82) is 0 Å². The Balaban J connectivity index is 1.85. The van der Waals surface area contributed by atoms with E-state index in [-0.39, 0.29) is 5.56 Å². The van der Waals surface area contributed by atoms with Crippen LogP contribution in [0.2, 0.25) is 0 Å². The fraction of sp³-hybridized carbons (Fsp3) is 0.167. The number of carbonyl (C=O) groups is 3. The van der Waals surface area contributed by atoms with Crippen LogP contribution in [0.4, 0.5) is 13.6 Å². The van der Waals surface area contributed by atoms with E-state index in [0.717, 1.165) is 11.0 Å². The Morgan fingerprint density at radius 2 is 1.72 bits per heavy atom. The zero-order valence-corrected chi connectivity index (χ0v) is 13.3. The normalized spacial score (nSPS) is 19.9. The average Bonchev–Trinajstić information content (AvgIpc) is 2.80. The molecule has 128 valence electrons. The quantitative estimate of drug-likeness (QED) is 0.685. The van der Waals surface area contributed by atoms with Gasteiger partial charge in [0.25, 0.3) is 5.91 Å². The third-order valence-electron chi connectivity index (χ3n) is 4.17. The molecule has 1 fully saturated rings. The summed E-state index contributed by atoms with van der Waals surface area (Å²) in [5, 5.41) is 2.51. The van der Waals surface area contributed by atoms with Crippen molar-refractivity contribution in [3.63, 3.8) is 0 Å². The van der Waals surface area contributed by atoms with Gasteiger partial charge in [0.05, 0.1) is 12.1 Å². The molecule has 0 aromatic heterocycles. The van der Waals surface area contributed by atoms with E-state index in [9.17, 15) is 23.2 Å². The van der Waals surface area contributed by atoms with Crippen LogP contribution in [0.15, 0.2) is 48.5 Å². The molecule has 1 saturated heterocycles. The second-order valence-corrected chi connectivity index (χ2v) is 5.86. The highest BCUT2D eigenvalue weighted by molar-refractivity contribution is 6.11. The van der Waals surface area contributed by atoms with Gasteiger partial charge < -0.3 is 5.32 Å². The Morgan fingerprint density at radius 3 is 2.36 bits per heavy atom. The topological polar surface area (TPSA) is 66.5 Å². The molecule has 0 aliphatic carbocycles. The summed E-state index contributed by atoms with van der Waals surface area (Å²) < 4.78 is 26.8. The van der Waals surface area contributed by atoms with E-state index in [4.69, 9.17) is 0 Å². The second-order valence-electron chi connectivity index (χ2n) is 5.86. The van der Waals surface area contributed by atoms with Crippen molar-refractivity contribution in [1.82, 2.24) is 10.2 Å². The van der Waals surface area contributed by atoms with Gasteiger partial charge in [-0.05, 0) is 36.8 Å². The van der Waals surface area contributed by atoms with Gasteiger partial charge in [0, 0.05) is 0 Å². The molecule has 1 heterocycles. The number of benzene rings is 2. The Kier molecular flexibility index (Phi) is 4.08. The van der Waals surface area contributed by atoms with Crippen LogP contribution in [0.25, 0.3) is 0 Å². The SMILES string of the molecule is CC1(c2ccc(F)cc2)NC(=O)N(CC(=O)c2ccccc2F)C1=O. The van der Waals surface area contributed by atoms with Crippen molar-refractivity contribution in [3.05, 3.63) is 71.3 Å². The molecule has 1 aliphatic rings. The fourth-order valence-corrected chi connectivity index (χ4v) is 2.74. The molecule has 3 amide bonds. The lowest BCUT2D eigenvalue weighted by Gasteiger charge is -2.22. The van der Waals surface area contributed by atoms with Crippen LogP contribution in [0.3, 0.4) is 0 Å². The molecule has 1 N–H and O–H groups in total. The molecule has 0 radical (unpaired) electrons. The summed E-state index contributed by atoms with van der Waals surface area (Å²) in [6, 6.07) is 9.69. The highest BCUT2D eigenvalue weighted by Crippen LogP contribution is 2.29. The van der Waals surface area contributed by atoms with E-state index in [2.05, 4.69) is 5.32 Å². The zero-order valence-electron chi connectivity index (χ0n) is 13.3. The predicted molar refractivity (Wildman–Crippen MR) is 84.7 cm³/mol. The van der Waals surface area contributed by atoms with Gasteiger partial charge in [0.1, 0.15) is 17.2 Å². The number of urea groups is 1. The van der Waals surface area contributed by atoms with Crippen LogP contribution >= 0.6 is 0 Å². The molecular formula is C18H14F2N2O3. The van der Waals surface area contributed by atoms with Crippen molar-refractivity contribution in [2.75, 3.05) is 6.54 Å². The van der Waals surface area contributed by atoms with Crippen LogP contribution in [0, 0.1) is 11.6 Å². The zero-order chi connectivity index (χ0) is 18.2. The minimum atomic E-state index is -1.42. The summed E-state index contributed by atoms with van der Waals surface area (Å²) in [5.41, 5.74) is -1.23. The molecule has 25 heavy (non-hydrogen) atoms. The first-order valence-electron chi connectivity index (χ1n) is 7.51. The lowest BCUT2D eigenvalue weighted by molar-refractivity contribution is -0.130. The van der Waals surface area contributed by atoms with Crippen molar-refractivity contribution in [2.45, 2.75) is 12.5 Å². The average molecular weight is 344 g/mol. The summed E-state index contributed by atoms with van der Waals surface area (Å²) in [7, 11) is 0. The van der Waals surface area contributed by atoms with E-state index in [0.29, 0.717) is 5.56 Å². The Morgan fingerprint density at radius 1 is 1.08 bits per heavy atom. The van der Waals surface area contributed by atoms with Crippen LogP contribution in [0.5, 0.6) is 0 Å². The Hall–Kier alpha value is -3.09. The number of halogens is 2. The molecule has 1 atom stereocenters. The summed E-state index contributed by atoms with van der Waals surface area (Å²) in [5.74, 6) is -2.55. The molecular weight excluding hydrogens is 330 g/mol. The van der Waals surface area contributed by atoms with Crippen LogP contribution in [-0.2, 0) is 10.3 Å². The lowest BCUT2D eigenvalue weighted by Crippen LogP contribution is -2.41. The van der Waals surface area contributed by atoms with E-state index in [1.807, 2.05) is 0 Å². The van der Waals surface area contributed by atoms with E-state index in [1.54, 1.807) is 0 Å². The van der Waals surface area contributed by atoms with Gasteiger partial charge in [0.15, 0.2) is 5.78 Å². The third kappa shape index (κ3) is 2.88. The van der Waals surface area contributed by atoms with Crippen molar-refractivity contribution in [2.24, 2.45) is 0 Å². The smallest absolute Gasteiger partial charge is 0.319 e. The van der Waals surface area contributed by atoms with Crippen molar-refractivity contribution in [3.8, 4) is 0 Å². The Bertz CT molecular complexity index is 867. The van der Waals surface area contributed by atoms with Gasteiger partial charge >= 0.3 is 6.03 Å². The number of Topliss-reactive ketones (excluding diaryl/α,β-unsaturated/α-hetero) is 1. The third-order valence-corrected chi connectivity index (χ3v) is 4.17. The first kappa shape index (κ1) is 16.8. The monoisotopic (exact) mass is 344 g/mol. The maximum absolute atomic E-state index is 13.7. The molecule has 5 nitrogen and oxygen atoms in total. The molecule has 0 spiro atoms. The molecule has 7 heteroatoms. The number of nitrogens with zero attached hydrogens (tertiary/aromatic N) is 1. The number of amides is 3. The summed E-state index contributed by atoms with van der Waals surface area (Å²) in [4.78, 5) is 37.8. The first-order valence-corrected chi connectivity index (χ1v) is 7.51. The molecule has 1 aliphatic heterocycles. The maximum Gasteiger partial charge on any atom is 0.325 e. The van der Waals surface area contributed by atoms with Crippen molar-refractivity contribution >= 4 is 17.7 Å². The summed E-state index contributed by atoms with van der Waals surface area (Å²) in [6.07, 6.45) is 0. The minimum Gasteiger partial charge on any atom is -0.319 e. The number of nitrogens with one attached hydrogen (secondary N) is 1. The van der Waals surface area contributed by atoms with Gasteiger partial charge in [-0.1, -0.05) is 24.3 Å². The van der Waals surface area contributed by atoms with Gasteiger partial charge in [-0.15, -0.1) is 0 Å². The van der Waals surface area contributed by atoms with Gasteiger partial charge in [-0.2, -0.15) is 0 Å². The van der Waals surface area contributed by atoms with E-state index >= 15 is 0 Å². The summed E-state index contributed by atoms with van der Waals surface area (Å²) >= 11 is 0. The molecule has 3 rings (SSSR count). The number of ketones is 1. The number of rotatable bonds is 4. The number of hydrogen-bond acceptors (Lipinski definition) is 3. The van der Waals surface area contributed by atoms with Gasteiger partial charge in [-0.3, -0.25) is 14.5 Å². The van der Waals surface area contributed by atoms with Gasteiger partial charge in [0.2, 0.25) is 0 Å². The Labute approximate surface area is 142 Å². The number of imide groups is 1. The van der Waals surface area contributed by atoms with Crippen LogP contribution in [0.1, 0.15) is 22.8 Å². The fourth-order valence-electron chi connectivity index (χ4n) is 2.74. The van der Waals surface area contributed by atoms with E-state index < -0.39 is 41.4 Å². The maximum atomic E-state index is 13.7. The first-order chi connectivity index (χ1) is 11.8. The molecule has 2 aromatic rings. The highest BCUT2D eigenvalue weighted by atomic mass is 19.1. The standard InChI is InChI=1S/C18H14F2N2O3/c1-18(11-6-8-12(19)9-7-11)16(24)22(17(25)21-18)10-15(23)13-4-2-3-5-14(13)20/h2-9H,10H2,1H3,(H,21,25). The number of carbonyl (C=O) groups excluding carboxylic acids is 3. The highest BCUT2D eigenvalue weighted by Gasteiger charge is 2.49. The van der Waals surface area contributed by atoms with E-state index in [1.165, 1.54) is 49.4 Å². The largest absolute Gasteiger partial charge is 0.325 e. The molecule has 0 bridgehead atoms. The molecule has 2 aromatic carbocycles. The molecule has 1 unspecified atom stereocenters. The molecule has 0 saturated carbocycles. The predicted octanol–water partition coefficient (Wildman–Crippen LogP) is 2.61. The van der Waals surface area contributed by atoms with Crippen LogP contribution < -0.4 is 5.32 Å². The lowest BCUT2D eigenvalue weighted by atomic mass is 9.92. The van der Waals surface area contributed by atoms with Gasteiger partial charge in [-0.25, -0.2) is 13.6 Å². The minimum absolute atomic E-state index is 0.196. The summed E-state index contributed by atoms with van der Waals surface area (Å²) in [6.45, 7) is 0.885. The second kappa shape index (κ2) is 6.08. The van der Waals surface area contributed by atoms with Crippen LogP contribution in [-0.4, -0.2) is 29.2 Å². The van der Waals surface area contributed by atoms with Crippen molar-refractivity contribution < 1.29 is 23.2 Å². The number of hydrogen-bond donors (Lipinski definition) is 1.